The number of nitrogens with zero attached hydrogens (tertiary/aromatic N) is 3. The highest BCUT2D eigenvalue weighted by Crippen LogP contribution is 2.47. The van der Waals surface area contributed by atoms with Crippen molar-refractivity contribution in [3.63, 3.8) is 0 Å². The van der Waals surface area contributed by atoms with Gasteiger partial charge in [0.15, 0.2) is 0 Å². The molecule has 1 saturated heterocycles. The summed E-state index contributed by atoms with van der Waals surface area (Å²) in [6.45, 7) is 1.30. The summed E-state index contributed by atoms with van der Waals surface area (Å²) in [5, 5.41) is 7.00. The first-order chi connectivity index (χ1) is 15.8. The Morgan fingerprint density at radius 3 is 2.21 bits per heavy atom. The van der Waals surface area contributed by atoms with E-state index in [1.165, 1.54) is 29.7 Å². The van der Waals surface area contributed by atoms with Crippen molar-refractivity contribution in [2.75, 3.05) is 25.9 Å². The van der Waals surface area contributed by atoms with E-state index >= 15 is 0 Å². The Morgan fingerprint density at radius 2 is 1.73 bits per heavy atom. The third-order valence-electron chi connectivity index (χ3n) is 5.78. The predicted octanol–water partition coefficient (Wildman–Crippen LogP) is 4.21. The van der Waals surface area contributed by atoms with E-state index in [0.29, 0.717) is 30.5 Å². The molecule has 1 amide bonds. The van der Waals surface area contributed by atoms with Crippen LogP contribution >= 0.6 is 0 Å². The lowest BCUT2D eigenvalue weighted by Crippen LogP contribution is -2.38. The molecule has 1 aromatic heterocycles. The molecule has 3 aliphatic heterocycles. The van der Waals surface area contributed by atoms with E-state index in [0.717, 1.165) is 37.9 Å². The van der Waals surface area contributed by atoms with Gasteiger partial charge >= 0.3 is 6.18 Å². The number of hydrogen-bond donors (Lipinski definition) is 2. The number of alkyl halides is 3. The van der Waals surface area contributed by atoms with Gasteiger partial charge in [-0.1, -0.05) is 0 Å². The van der Waals surface area contributed by atoms with E-state index in [1.54, 1.807) is 17.0 Å². The minimum absolute atomic E-state index is 0.145. The molecule has 2 aromatic rings. The number of likely N-dealkylation sites (tertiary alicyclic amines) is 1. The fourth-order valence-corrected chi connectivity index (χ4v) is 4.07. The molecule has 0 unspecified atom stereocenters. The van der Waals surface area contributed by atoms with Crippen LogP contribution < -0.4 is 10.5 Å². The number of amides is 1. The molecule has 0 bridgehead atoms. The molecule has 1 fully saturated rings. The van der Waals surface area contributed by atoms with Crippen molar-refractivity contribution in [1.82, 2.24) is 14.5 Å². The molecule has 174 valence electrons. The number of nitrogen functional groups attached to an aromatic ring is 1. The number of hydrogen-bond acceptors (Lipinski definition) is 5. The van der Waals surface area contributed by atoms with Crippen LogP contribution in [0.15, 0.2) is 48.7 Å². The van der Waals surface area contributed by atoms with Crippen LogP contribution in [0.4, 0.5) is 19.0 Å². The van der Waals surface area contributed by atoms with Crippen LogP contribution in [0.3, 0.4) is 0 Å². The van der Waals surface area contributed by atoms with Crippen molar-refractivity contribution in [1.29, 1.82) is 0 Å². The molecule has 0 spiro atoms. The first-order valence-electron chi connectivity index (χ1n) is 10.4. The number of anilines is 1. The second kappa shape index (κ2) is 8.78. The maximum absolute atomic E-state index is 12.7. The van der Waals surface area contributed by atoms with Gasteiger partial charge in [-0.25, -0.2) is 4.98 Å². The van der Waals surface area contributed by atoms with E-state index in [4.69, 9.17) is 15.6 Å². The van der Waals surface area contributed by atoms with Crippen molar-refractivity contribution >= 4 is 11.7 Å². The van der Waals surface area contributed by atoms with Crippen molar-refractivity contribution < 1.29 is 27.8 Å². The summed E-state index contributed by atoms with van der Waals surface area (Å²) in [7, 11) is 1.00. The average Bonchev–Trinajstić information content (AvgIpc) is 3.45. The number of benzene rings is 1. The summed E-state index contributed by atoms with van der Waals surface area (Å²) in [4.78, 5) is 18.7. The second-order valence-corrected chi connectivity index (χ2v) is 7.74. The molecule has 10 heteroatoms. The number of halogens is 3. The lowest BCUT2D eigenvalue weighted by atomic mass is 9.95. The Balaban J connectivity index is 0.00000126. The zero-order valence-electron chi connectivity index (χ0n) is 17.8. The normalized spacial score (nSPS) is 15.0. The molecule has 0 atom stereocenters. The zero-order chi connectivity index (χ0) is 23.8. The van der Waals surface area contributed by atoms with Crippen LogP contribution in [0.1, 0.15) is 40.5 Å². The number of aromatic nitrogens is 2. The van der Waals surface area contributed by atoms with Crippen molar-refractivity contribution in [3.05, 3.63) is 65.6 Å². The van der Waals surface area contributed by atoms with E-state index in [1.807, 2.05) is 6.07 Å². The van der Waals surface area contributed by atoms with Gasteiger partial charge in [-0.15, -0.1) is 0 Å². The molecule has 3 aliphatic rings. The number of fused-ring (bicyclic) bond motifs is 1. The summed E-state index contributed by atoms with van der Waals surface area (Å²) in [5.41, 5.74) is 7.90. The van der Waals surface area contributed by atoms with E-state index in [9.17, 15) is 18.0 Å². The van der Waals surface area contributed by atoms with Gasteiger partial charge < -0.3 is 20.5 Å². The van der Waals surface area contributed by atoms with Crippen molar-refractivity contribution in [3.8, 4) is 17.2 Å². The highest BCUT2D eigenvalue weighted by molar-refractivity contribution is 5.92. The van der Waals surface area contributed by atoms with Gasteiger partial charge in [-0.05, 0) is 49.2 Å². The minimum Gasteiger partial charge on any atom is -0.456 e. The van der Waals surface area contributed by atoms with E-state index in [2.05, 4.69) is 9.55 Å². The Labute approximate surface area is 188 Å². The highest BCUT2D eigenvalue weighted by atomic mass is 19.4. The Kier molecular flexibility index (Phi) is 6.03. The summed E-state index contributed by atoms with van der Waals surface area (Å²) < 4.78 is 45.5. The van der Waals surface area contributed by atoms with Gasteiger partial charge in [0.1, 0.15) is 23.0 Å². The third-order valence-corrected chi connectivity index (χ3v) is 5.78. The summed E-state index contributed by atoms with van der Waals surface area (Å²) in [6, 6.07) is 9.52. The third kappa shape index (κ3) is 4.51. The molecular weight excluding hydrogens is 437 g/mol. The molecule has 3 N–H and O–H groups in total. The molecule has 1 aromatic carbocycles. The van der Waals surface area contributed by atoms with Crippen molar-refractivity contribution in [2.45, 2.75) is 24.9 Å². The number of aliphatic hydroxyl groups excluding tert-OH is 1. The largest absolute Gasteiger partial charge is 0.456 e. The molecule has 0 radical (unpaired) electrons. The number of pyridine rings is 1. The maximum atomic E-state index is 12.7. The number of ether oxygens (including phenoxy) is 1. The van der Waals surface area contributed by atoms with Gasteiger partial charge in [0.2, 0.25) is 0 Å². The number of carbonyl (C=O) groups is 1. The topological polar surface area (TPSA) is 93.6 Å². The minimum atomic E-state index is -4.39. The SMILES string of the molecule is CO.Nc1cc2c(C3CCN(C(=O)c4ccc(Oc5ccc(C(F)(F)F)cc5)cn4)CC3)n1-2. The second-order valence-electron chi connectivity index (χ2n) is 7.74. The molecule has 33 heavy (non-hydrogen) atoms. The highest BCUT2D eigenvalue weighted by Gasteiger charge is 2.37. The standard InChI is InChI=1S/C22H19F3N4O2.CH4O/c23-22(24,25)14-1-3-15(4-2-14)31-16-5-6-17(27-12-16)21(30)28-9-7-13(8-10-28)20-18-11-19(26)29(18)20;1-2/h1-6,11-13H,7-10,26H2;2H,1H3. The molecule has 5 rings (SSSR count). The Morgan fingerprint density at radius 1 is 1.09 bits per heavy atom. The Hall–Kier alpha value is -3.53. The molecule has 0 aliphatic carbocycles. The molecule has 0 saturated carbocycles. The van der Waals surface area contributed by atoms with Gasteiger partial charge in [-0.2, -0.15) is 13.2 Å². The molecule has 4 heterocycles. The number of carbonyl (C=O) groups excluding carboxylic acids is 1. The number of rotatable bonds is 4. The average molecular weight is 460 g/mol. The van der Waals surface area contributed by atoms with E-state index in [-0.39, 0.29) is 11.7 Å². The first kappa shape index (κ1) is 22.7. The number of aliphatic hydroxyl groups is 1. The van der Waals surface area contributed by atoms with Crippen LogP contribution in [0, 0.1) is 0 Å². The van der Waals surface area contributed by atoms with Crippen LogP contribution in [-0.4, -0.2) is 45.7 Å². The fraction of sp³-hybridized carbons (Fsp3) is 0.304. The maximum Gasteiger partial charge on any atom is 0.416 e. The van der Waals surface area contributed by atoms with Gasteiger partial charge in [0, 0.05) is 32.2 Å². The van der Waals surface area contributed by atoms with Crippen LogP contribution in [-0.2, 0) is 6.18 Å². The predicted molar refractivity (Wildman–Crippen MR) is 116 cm³/mol. The van der Waals surface area contributed by atoms with Crippen LogP contribution in [0.2, 0.25) is 0 Å². The number of piperidine rings is 1. The fourth-order valence-electron chi connectivity index (χ4n) is 4.07. The van der Waals surface area contributed by atoms with E-state index < -0.39 is 11.7 Å². The molecular formula is C23H23F3N4O3. The van der Waals surface area contributed by atoms with Gasteiger partial charge in [-0.3, -0.25) is 9.36 Å². The monoisotopic (exact) mass is 460 g/mol. The summed E-state index contributed by atoms with van der Waals surface area (Å²) >= 11 is 0. The van der Waals surface area contributed by atoms with Crippen molar-refractivity contribution in [2.24, 2.45) is 0 Å². The lowest BCUT2D eigenvalue weighted by Gasteiger charge is -2.30. The van der Waals surface area contributed by atoms with Crippen LogP contribution in [0.5, 0.6) is 11.5 Å². The number of nitrogens with two attached hydrogens (primary N) is 1. The summed E-state index contributed by atoms with van der Waals surface area (Å²) in [6.07, 6.45) is -1.23. The zero-order valence-corrected chi connectivity index (χ0v) is 17.8. The smallest absolute Gasteiger partial charge is 0.416 e. The van der Waals surface area contributed by atoms with Gasteiger partial charge in [0.05, 0.1) is 23.1 Å². The first-order valence-corrected chi connectivity index (χ1v) is 10.4. The van der Waals surface area contributed by atoms with Gasteiger partial charge in [0.25, 0.3) is 5.91 Å². The van der Waals surface area contributed by atoms with Crippen LogP contribution in [0.25, 0.3) is 5.69 Å². The Bertz CT molecular complexity index is 1130. The summed E-state index contributed by atoms with van der Waals surface area (Å²) in [5.74, 6) is 1.68. The molecule has 7 nitrogen and oxygen atoms in total. The lowest BCUT2D eigenvalue weighted by molar-refractivity contribution is -0.137. The quantitative estimate of drug-likeness (QED) is 0.476.